The fourth-order valence-electron chi connectivity index (χ4n) is 1.29. The highest BCUT2D eigenvalue weighted by Gasteiger charge is 2.21. The molecule has 1 atom stereocenters. The Labute approximate surface area is 113 Å². The van der Waals surface area contributed by atoms with Gasteiger partial charge in [0.15, 0.2) is 0 Å². The summed E-state index contributed by atoms with van der Waals surface area (Å²) in [6.45, 7) is 5.89. The molecule has 112 valence electrons. The minimum absolute atomic E-state index is 0.160. The summed E-state index contributed by atoms with van der Waals surface area (Å²) in [6, 6.07) is 0. The molecule has 0 aromatic carbocycles. The molecule has 7 nitrogen and oxygen atoms in total. The second kappa shape index (κ2) is 8.71. The molecule has 0 rings (SSSR count). The van der Waals surface area contributed by atoms with Gasteiger partial charge in [-0.1, -0.05) is 0 Å². The summed E-state index contributed by atoms with van der Waals surface area (Å²) in [5, 5.41) is 2.55. The van der Waals surface area contributed by atoms with Gasteiger partial charge < -0.3 is 14.8 Å². The Kier molecular flexibility index (Phi) is 8.09. The first-order valence-corrected chi connectivity index (χ1v) is 6.08. The summed E-state index contributed by atoms with van der Waals surface area (Å²) in [5.41, 5.74) is 1.67. The number of nitrogens with one attached hydrogen (secondary N) is 2. The van der Waals surface area contributed by atoms with Crippen LogP contribution < -0.4 is 10.8 Å². The second-order valence-electron chi connectivity index (χ2n) is 5.03. The van der Waals surface area contributed by atoms with E-state index in [0.717, 1.165) is 0 Å². The van der Waals surface area contributed by atoms with E-state index in [0.29, 0.717) is 13.0 Å². The van der Waals surface area contributed by atoms with E-state index in [9.17, 15) is 9.59 Å². The first-order chi connectivity index (χ1) is 8.80. The molecule has 0 aliphatic rings. The van der Waals surface area contributed by atoms with Crippen molar-refractivity contribution >= 4 is 12.0 Å². The molecular weight excluding hydrogens is 252 g/mol. The van der Waals surface area contributed by atoms with Gasteiger partial charge in [-0.15, -0.1) is 0 Å². The van der Waals surface area contributed by atoms with Gasteiger partial charge in [0.05, 0.1) is 13.0 Å². The number of rotatable bonds is 7. The Morgan fingerprint density at radius 2 is 1.84 bits per heavy atom. The van der Waals surface area contributed by atoms with Crippen molar-refractivity contribution in [1.82, 2.24) is 10.8 Å². The van der Waals surface area contributed by atoms with Crippen molar-refractivity contribution in [2.24, 2.45) is 5.92 Å². The molecule has 1 unspecified atom stereocenters. The van der Waals surface area contributed by atoms with E-state index in [1.807, 2.05) is 0 Å². The van der Waals surface area contributed by atoms with Crippen molar-refractivity contribution in [1.29, 1.82) is 0 Å². The Balaban J connectivity index is 4.24. The molecule has 0 radical (unpaired) electrons. The highest BCUT2D eigenvalue weighted by Crippen LogP contribution is 2.07. The largest absolute Gasteiger partial charge is 0.444 e. The Bertz CT molecular complexity index is 288. The molecule has 19 heavy (non-hydrogen) atoms. The molecule has 0 spiro atoms. The topological polar surface area (TPSA) is 85.9 Å². The van der Waals surface area contributed by atoms with Crippen LogP contribution in [0.3, 0.4) is 0 Å². The molecule has 2 N–H and O–H groups in total. The molecule has 0 aromatic rings. The van der Waals surface area contributed by atoms with Gasteiger partial charge in [0, 0.05) is 20.3 Å². The van der Waals surface area contributed by atoms with Gasteiger partial charge in [-0.25, -0.2) is 10.3 Å². The van der Waals surface area contributed by atoms with Crippen LogP contribution in [0.4, 0.5) is 4.79 Å². The maximum absolute atomic E-state index is 11.7. The van der Waals surface area contributed by atoms with Crippen LogP contribution in [0.15, 0.2) is 0 Å². The van der Waals surface area contributed by atoms with Crippen molar-refractivity contribution in [2.75, 3.05) is 27.4 Å². The minimum Gasteiger partial charge on any atom is -0.444 e. The number of carbonyl (C=O) groups excluding carboxylic acids is 2. The van der Waals surface area contributed by atoms with Gasteiger partial charge in [0.1, 0.15) is 5.60 Å². The minimum atomic E-state index is -0.569. The molecule has 0 saturated heterocycles. The third-order valence-corrected chi connectivity index (χ3v) is 2.14. The zero-order valence-corrected chi connectivity index (χ0v) is 12.2. The van der Waals surface area contributed by atoms with Crippen molar-refractivity contribution in [3.8, 4) is 0 Å². The van der Waals surface area contributed by atoms with Crippen LogP contribution in [-0.4, -0.2) is 45.0 Å². The van der Waals surface area contributed by atoms with Gasteiger partial charge in [-0.05, 0) is 27.2 Å². The normalized spacial score (nSPS) is 12.7. The van der Waals surface area contributed by atoms with Gasteiger partial charge in [0.25, 0.3) is 0 Å². The number of methoxy groups -OCH3 is 1. The standard InChI is InChI=1S/C12H24N2O5/c1-12(2,3)19-11(16)13-8-9(6-7-17-4)10(15)14-18-5/h9H,6-8H2,1-5H3,(H,13,16)(H,14,15). The van der Waals surface area contributed by atoms with Gasteiger partial charge in [-0.2, -0.15) is 0 Å². The molecule has 7 heteroatoms. The van der Waals surface area contributed by atoms with Crippen molar-refractivity contribution < 1.29 is 23.9 Å². The smallest absolute Gasteiger partial charge is 0.407 e. The summed E-state index contributed by atoms with van der Waals surface area (Å²) < 4.78 is 10.0. The lowest BCUT2D eigenvalue weighted by Crippen LogP contribution is -2.41. The van der Waals surface area contributed by atoms with E-state index < -0.39 is 17.6 Å². The SMILES string of the molecule is COCCC(CNC(=O)OC(C)(C)C)C(=O)NOC. The Morgan fingerprint density at radius 3 is 2.32 bits per heavy atom. The summed E-state index contributed by atoms with van der Waals surface area (Å²) >= 11 is 0. The quantitative estimate of drug-likeness (QED) is 0.673. The third kappa shape index (κ3) is 9.26. The monoisotopic (exact) mass is 276 g/mol. The number of alkyl carbamates (subject to hydrolysis) is 1. The second-order valence-corrected chi connectivity index (χ2v) is 5.03. The molecule has 0 heterocycles. The zero-order chi connectivity index (χ0) is 14.9. The van der Waals surface area contributed by atoms with E-state index in [2.05, 4.69) is 15.6 Å². The van der Waals surface area contributed by atoms with Crippen LogP contribution >= 0.6 is 0 Å². The Morgan fingerprint density at radius 1 is 1.21 bits per heavy atom. The fourth-order valence-corrected chi connectivity index (χ4v) is 1.29. The first kappa shape index (κ1) is 17.7. The van der Waals surface area contributed by atoms with Gasteiger partial charge in [-0.3, -0.25) is 9.63 Å². The number of carbonyl (C=O) groups is 2. The number of ether oxygens (including phenoxy) is 2. The zero-order valence-electron chi connectivity index (χ0n) is 12.2. The third-order valence-electron chi connectivity index (χ3n) is 2.14. The molecule has 0 fully saturated rings. The number of hydrogen-bond donors (Lipinski definition) is 2. The van der Waals surface area contributed by atoms with Crippen molar-refractivity contribution in [3.05, 3.63) is 0 Å². The average molecular weight is 276 g/mol. The summed E-state index contributed by atoms with van der Waals surface area (Å²) in [4.78, 5) is 27.7. The van der Waals surface area contributed by atoms with Gasteiger partial charge in [0.2, 0.25) is 5.91 Å². The molecule has 0 aliphatic carbocycles. The van der Waals surface area contributed by atoms with Crippen LogP contribution in [0.5, 0.6) is 0 Å². The van der Waals surface area contributed by atoms with Gasteiger partial charge >= 0.3 is 6.09 Å². The molecule has 0 aromatic heterocycles. The lowest BCUT2D eigenvalue weighted by atomic mass is 10.1. The maximum atomic E-state index is 11.7. The number of hydroxylamine groups is 1. The lowest BCUT2D eigenvalue weighted by molar-refractivity contribution is -0.135. The van der Waals surface area contributed by atoms with Crippen LogP contribution in [0.2, 0.25) is 0 Å². The Hall–Kier alpha value is -1.34. The lowest BCUT2D eigenvalue weighted by Gasteiger charge is -2.21. The first-order valence-electron chi connectivity index (χ1n) is 6.08. The predicted molar refractivity (Wildman–Crippen MR) is 69.4 cm³/mol. The van der Waals surface area contributed by atoms with Crippen LogP contribution in [-0.2, 0) is 19.1 Å². The number of hydrogen-bond acceptors (Lipinski definition) is 5. The summed E-state index contributed by atoms with van der Waals surface area (Å²) in [7, 11) is 2.90. The van der Waals surface area contributed by atoms with E-state index in [-0.39, 0.29) is 12.5 Å². The van der Waals surface area contributed by atoms with E-state index >= 15 is 0 Å². The average Bonchev–Trinajstić information content (AvgIpc) is 2.27. The van der Waals surface area contributed by atoms with Crippen LogP contribution in [0.25, 0.3) is 0 Å². The summed E-state index contributed by atoms with van der Waals surface area (Å²) in [5.74, 6) is -0.747. The van der Waals surface area contributed by atoms with E-state index in [1.165, 1.54) is 7.11 Å². The highest BCUT2D eigenvalue weighted by atomic mass is 16.6. The predicted octanol–water partition coefficient (Wildman–Crippen LogP) is 0.841. The number of amides is 2. The highest BCUT2D eigenvalue weighted by molar-refractivity contribution is 5.78. The van der Waals surface area contributed by atoms with Crippen molar-refractivity contribution in [2.45, 2.75) is 32.8 Å². The molecular formula is C12H24N2O5. The molecule has 0 saturated carbocycles. The molecule has 2 amide bonds. The van der Waals surface area contributed by atoms with Crippen LogP contribution in [0.1, 0.15) is 27.2 Å². The summed E-state index contributed by atoms with van der Waals surface area (Å²) in [6.07, 6.45) is -0.0817. The fraction of sp³-hybridized carbons (Fsp3) is 0.833. The van der Waals surface area contributed by atoms with Crippen LogP contribution in [0, 0.1) is 5.92 Å². The molecule has 0 bridgehead atoms. The van der Waals surface area contributed by atoms with E-state index in [4.69, 9.17) is 9.47 Å². The molecule has 0 aliphatic heterocycles. The van der Waals surface area contributed by atoms with E-state index in [1.54, 1.807) is 27.9 Å². The van der Waals surface area contributed by atoms with Crippen molar-refractivity contribution in [3.63, 3.8) is 0 Å². The maximum Gasteiger partial charge on any atom is 0.407 e.